The van der Waals surface area contributed by atoms with Gasteiger partial charge in [-0.1, -0.05) is 41.5 Å². The summed E-state index contributed by atoms with van der Waals surface area (Å²) in [4.78, 5) is 29.1. The van der Waals surface area contributed by atoms with E-state index < -0.39 is 17.9 Å². The summed E-state index contributed by atoms with van der Waals surface area (Å²) < 4.78 is 0. The van der Waals surface area contributed by atoms with Crippen LogP contribution < -0.4 is 0 Å². The summed E-state index contributed by atoms with van der Waals surface area (Å²) in [6.07, 6.45) is 0. The SMILES string of the molecule is CC(C)C(=O)O.CC(C)C(=O)O.CC(C)C(=O)O.[Al+3].[Al+3]. The molecular weight excluding hydrogens is 294 g/mol. The van der Waals surface area contributed by atoms with Crippen molar-refractivity contribution < 1.29 is 29.7 Å². The van der Waals surface area contributed by atoms with Gasteiger partial charge in [0, 0.05) is 0 Å². The van der Waals surface area contributed by atoms with E-state index in [-0.39, 0.29) is 52.5 Å². The van der Waals surface area contributed by atoms with E-state index in [9.17, 15) is 14.4 Å². The smallest absolute Gasteiger partial charge is 0.481 e. The fourth-order valence-corrected chi connectivity index (χ4v) is 0. The minimum absolute atomic E-state index is 0. The van der Waals surface area contributed by atoms with Gasteiger partial charge in [-0.2, -0.15) is 0 Å². The molecule has 3 N–H and O–H groups in total. The molecule has 0 heterocycles. The summed E-state index contributed by atoms with van der Waals surface area (Å²) >= 11 is 0. The monoisotopic (exact) mass is 318 g/mol. The molecule has 0 radical (unpaired) electrons. The van der Waals surface area contributed by atoms with E-state index in [1.807, 2.05) is 0 Å². The zero-order chi connectivity index (χ0) is 15.5. The zero-order valence-electron chi connectivity index (χ0n) is 13.0. The Morgan fingerprint density at radius 3 is 0.600 bits per heavy atom. The molecule has 108 valence electrons. The minimum atomic E-state index is -0.741. The standard InChI is InChI=1S/3C4H8O2.2Al/c3*1-3(2)4(5)6;;/h3*3H,1-2H3,(H,5,6);;/q;;;2*+3. The second-order valence-corrected chi connectivity index (χ2v) is 4.48. The van der Waals surface area contributed by atoms with E-state index in [0.29, 0.717) is 0 Å². The van der Waals surface area contributed by atoms with E-state index >= 15 is 0 Å². The molecule has 0 aromatic heterocycles. The van der Waals surface area contributed by atoms with Crippen molar-refractivity contribution >= 4 is 52.6 Å². The topological polar surface area (TPSA) is 112 Å². The molecule has 0 aliphatic heterocycles. The molecule has 0 unspecified atom stereocenters. The van der Waals surface area contributed by atoms with Gasteiger partial charge in [0.1, 0.15) is 0 Å². The van der Waals surface area contributed by atoms with Crippen LogP contribution in [-0.2, 0) is 14.4 Å². The zero-order valence-corrected chi connectivity index (χ0v) is 15.3. The van der Waals surface area contributed by atoms with Crippen molar-refractivity contribution in [2.45, 2.75) is 41.5 Å². The van der Waals surface area contributed by atoms with Crippen molar-refractivity contribution in [3.8, 4) is 0 Å². The summed E-state index contributed by atoms with van der Waals surface area (Å²) in [5, 5.41) is 24.0. The molecule has 0 fully saturated rings. The molecule has 0 saturated carbocycles. The largest absolute Gasteiger partial charge is 3.00 e. The van der Waals surface area contributed by atoms with Crippen molar-refractivity contribution in [2.24, 2.45) is 17.8 Å². The molecule has 20 heavy (non-hydrogen) atoms. The second-order valence-electron chi connectivity index (χ2n) is 4.48. The van der Waals surface area contributed by atoms with Crippen LogP contribution in [0.1, 0.15) is 41.5 Å². The van der Waals surface area contributed by atoms with Gasteiger partial charge in [0.05, 0.1) is 17.8 Å². The van der Waals surface area contributed by atoms with Crippen molar-refractivity contribution in [1.29, 1.82) is 0 Å². The van der Waals surface area contributed by atoms with Crippen LogP contribution in [0.4, 0.5) is 0 Å². The maximum absolute atomic E-state index is 9.70. The fraction of sp³-hybridized carbons (Fsp3) is 0.750. The predicted molar refractivity (Wildman–Crippen MR) is 78.9 cm³/mol. The van der Waals surface area contributed by atoms with Gasteiger partial charge in [-0.05, 0) is 0 Å². The second kappa shape index (κ2) is 18.5. The van der Waals surface area contributed by atoms with E-state index in [2.05, 4.69) is 0 Å². The van der Waals surface area contributed by atoms with E-state index in [1.165, 1.54) is 0 Å². The Kier molecular flexibility index (Phi) is 29.3. The van der Waals surface area contributed by atoms with Crippen LogP contribution in [0.15, 0.2) is 0 Å². The predicted octanol–water partition coefficient (Wildman–Crippen LogP) is 1.42. The Hall–Kier alpha value is -0.525. The molecule has 0 rings (SSSR count). The maximum Gasteiger partial charge on any atom is 3.00 e. The van der Waals surface area contributed by atoms with Gasteiger partial charge in [0.2, 0.25) is 0 Å². The molecule has 8 heteroatoms. The summed E-state index contributed by atoms with van der Waals surface area (Å²) in [5.74, 6) is -2.92. The molecule has 0 spiro atoms. The Labute approximate surface area is 141 Å². The third-order valence-electron chi connectivity index (χ3n) is 1.48. The van der Waals surface area contributed by atoms with Gasteiger partial charge < -0.3 is 15.3 Å². The van der Waals surface area contributed by atoms with Gasteiger partial charge in [0.15, 0.2) is 0 Å². The Morgan fingerprint density at radius 1 is 0.550 bits per heavy atom. The first kappa shape index (κ1) is 31.7. The first-order chi connectivity index (χ1) is 7.93. The van der Waals surface area contributed by atoms with Gasteiger partial charge in [0.25, 0.3) is 0 Å². The molecule has 0 aromatic rings. The van der Waals surface area contributed by atoms with Crippen LogP contribution in [0.2, 0.25) is 0 Å². The summed E-state index contributed by atoms with van der Waals surface area (Å²) in [7, 11) is 0. The van der Waals surface area contributed by atoms with Gasteiger partial charge >= 0.3 is 52.6 Å². The molecule has 0 aliphatic rings. The molecule has 0 saturated heterocycles. The first-order valence-corrected chi connectivity index (χ1v) is 5.61. The molecule has 0 aliphatic carbocycles. The van der Waals surface area contributed by atoms with Crippen molar-refractivity contribution in [2.75, 3.05) is 0 Å². The van der Waals surface area contributed by atoms with E-state index in [1.54, 1.807) is 41.5 Å². The number of hydrogen-bond donors (Lipinski definition) is 3. The number of carboxylic acids is 3. The van der Waals surface area contributed by atoms with Crippen molar-refractivity contribution in [3.05, 3.63) is 0 Å². The molecule has 6 nitrogen and oxygen atoms in total. The van der Waals surface area contributed by atoms with Gasteiger partial charge in [-0.25, -0.2) is 0 Å². The summed E-state index contributed by atoms with van der Waals surface area (Å²) in [6.45, 7) is 9.85. The van der Waals surface area contributed by atoms with E-state index in [0.717, 1.165) is 0 Å². The third-order valence-corrected chi connectivity index (χ3v) is 1.48. The Balaban J connectivity index is -0.0000000536. The van der Waals surface area contributed by atoms with Crippen LogP contribution in [0.3, 0.4) is 0 Å². The van der Waals surface area contributed by atoms with Crippen LogP contribution in [0.5, 0.6) is 0 Å². The van der Waals surface area contributed by atoms with Crippen LogP contribution in [0.25, 0.3) is 0 Å². The Bertz CT molecular complexity index is 222. The maximum atomic E-state index is 9.70. The van der Waals surface area contributed by atoms with Crippen molar-refractivity contribution in [3.63, 3.8) is 0 Å². The van der Waals surface area contributed by atoms with Crippen molar-refractivity contribution in [1.82, 2.24) is 0 Å². The number of carbonyl (C=O) groups is 3. The number of hydrogen-bond acceptors (Lipinski definition) is 3. The molecule has 0 aromatic carbocycles. The van der Waals surface area contributed by atoms with Crippen LogP contribution in [-0.4, -0.2) is 67.9 Å². The average molecular weight is 318 g/mol. The normalized spacial score (nSPS) is 8.25. The number of aliphatic carboxylic acids is 3. The molecule has 0 bridgehead atoms. The number of carboxylic acid groups (broad SMARTS) is 3. The summed E-state index contributed by atoms with van der Waals surface area (Å²) in [5.41, 5.74) is 0. The molecular formula is C12H24Al2O6+6. The molecule has 0 atom stereocenters. The minimum Gasteiger partial charge on any atom is -0.481 e. The molecule has 0 amide bonds. The average Bonchev–Trinajstić information content (AvgIpc) is 2.18. The van der Waals surface area contributed by atoms with Gasteiger partial charge in [-0.15, -0.1) is 0 Å². The Morgan fingerprint density at radius 2 is 0.600 bits per heavy atom. The summed E-state index contributed by atoms with van der Waals surface area (Å²) in [6, 6.07) is 0. The number of rotatable bonds is 3. The van der Waals surface area contributed by atoms with Gasteiger partial charge in [-0.3, -0.25) is 14.4 Å². The van der Waals surface area contributed by atoms with Crippen LogP contribution in [0, 0.1) is 17.8 Å². The fourth-order valence-electron chi connectivity index (χ4n) is 0. The van der Waals surface area contributed by atoms with Crippen LogP contribution >= 0.6 is 0 Å². The first-order valence-electron chi connectivity index (χ1n) is 5.61. The third kappa shape index (κ3) is 36.0. The quantitative estimate of drug-likeness (QED) is 0.679. The van der Waals surface area contributed by atoms with E-state index in [4.69, 9.17) is 15.3 Å².